The van der Waals surface area contributed by atoms with Crippen molar-refractivity contribution >= 4 is 10.9 Å². The Hall–Kier alpha value is -3.60. The largest absolute Gasteiger partial charge is 0.497 e. The fraction of sp³-hybridized carbons (Fsp3) is 0.467. The minimum atomic E-state index is -0.370. The van der Waals surface area contributed by atoms with Crippen LogP contribution in [-0.2, 0) is 17.8 Å². The number of fused-ring (bicyclic) bond motifs is 1. The normalized spacial score (nSPS) is 19.3. The van der Waals surface area contributed by atoms with E-state index in [1.807, 2.05) is 28.9 Å². The topological polar surface area (TPSA) is 101 Å². The summed E-state index contributed by atoms with van der Waals surface area (Å²) in [5, 5.41) is 13.9. The standard InChI is InChI=1S/C30H37N7O3/c1-20-14-23-17-26(30(38)31-27(23)15-21(20)2)28(29-32-33-34-37(29)19-25-8-5-13-40-25)36-11-9-35(10-12-36)18-22-6-4-7-24(16-22)39-3/h4,6-7,14-17,25,28H,5,8-13,18-19H2,1-3H3,(H,31,38)/t25-,28+/m1/s1. The fourth-order valence-electron chi connectivity index (χ4n) is 5.92. The second-order valence-electron chi connectivity index (χ2n) is 11.0. The second-order valence-corrected chi connectivity index (χ2v) is 11.0. The molecule has 2 aliphatic heterocycles. The smallest absolute Gasteiger partial charge is 0.253 e. The number of aromatic amines is 1. The zero-order valence-corrected chi connectivity index (χ0v) is 23.5. The van der Waals surface area contributed by atoms with Crippen molar-refractivity contribution in [3.05, 3.63) is 80.9 Å². The van der Waals surface area contributed by atoms with E-state index < -0.39 is 0 Å². The van der Waals surface area contributed by atoms with Crippen LogP contribution in [0.25, 0.3) is 10.9 Å². The Balaban J connectivity index is 1.31. The van der Waals surface area contributed by atoms with Crippen molar-refractivity contribution in [3.63, 3.8) is 0 Å². The summed E-state index contributed by atoms with van der Waals surface area (Å²) in [6.45, 7) is 9.66. The van der Waals surface area contributed by atoms with Crippen LogP contribution in [0.3, 0.4) is 0 Å². The maximum atomic E-state index is 13.6. The van der Waals surface area contributed by atoms with Gasteiger partial charge in [-0.05, 0) is 89.5 Å². The average molecular weight is 544 g/mol. The van der Waals surface area contributed by atoms with Gasteiger partial charge in [-0.25, -0.2) is 4.68 Å². The lowest BCUT2D eigenvalue weighted by atomic mass is 10.00. The van der Waals surface area contributed by atoms with Crippen LogP contribution in [0.5, 0.6) is 5.75 Å². The first-order valence-corrected chi connectivity index (χ1v) is 14.1. The lowest BCUT2D eigenvalue weighted by Gasteiger charge is -2.38. The Morgan fingerprint density at radius 1 is 1.10 bits per heavy atom. The predicted molar refractivity (Wildman–Crippen MR) is 153 cm³/mol. The van der Waals surface area contributed by atoms with E-state index in [0.29, 0.717) is 17.9 Å². The molecule has 2 saturated heterocycles. The van der Waals surface area contributed by atoms with E-state index in [9.17, 15) is 4.79 Å². The number of methoxy groups -OCH3 is 1. The van der Waals surface area contributed by atoms with Crippen molar-refractivity contribution < 1.29 is 9.47 Å². The number of ether oxygens (including phenoxy) is 2. The molecule has 2 aliphatic rings. The first-order valence-electron chi connectivity index (χ1n) is 14.1. The predicted octanol–water partition coefficient (Wildman–Crippen LogP) is 3.23. The Kier molecular flexibility index (Phi) is 7.64. The summed E-state index contributed by atoms with van der Waals surface area (Å²) < 4.78 is 13.1. The number of rotatable bonds is 8. The highest BCUT2D eigenvalue weighted by Gasteiger charge is 2.33. The van der Waals surface area contributed by atoms with E-state index in [0.717, 1.165) is 74.4 Å². The van der Waals surface area contributed by atoms with Crippen molar-refractivity contribution in [2.75, 3.05) is 39.9 Å². The van der Waals surface area contributed by atoms with Crippen LogP contribution in [0.15, 0.2) is 47.3 Å². The average Bonchev–Trinajstić information content (AvgIpc) is 3.64. The lowest BCUT2D eigenvalue weighted by molar-refractivity contribution is 0.0840. The van der Waals surface area contributed by atoms with Crippen molar-refractivity contribution in [1.29, 1.82) is 0 Å². The van der Waals surface area contributed by atoms with Crippen LogP contribution in [0.2, 0.25) is 0 Å². The van der Waals surface area contributed by atoms with E-state index in [-0.39, 0.29) is 17.7 Å². The highest BCUT2D eigenvalue weighted by molar-refractivity contribution is 5.81. The van der Waals surface area contributed by atoms with Gasteiger partial charge in [-0.3, -0.25) is 14.6 Å². The van der Waals surface area contributed by atoms with Crippen molar-refractivity contribution in [1.82, 2.24) is 35.0 Å². The van der Waals surface area contributed by atoms with Crippen LogP contribution in [-0.4, -0.2) is 81.0 Å². The molecule has 4 heterocycles. The SMILES string of the molecule is COc1cccc(CN2CCN([C@@H](c3cc4cc(C)c(C)cc4[nH]c3=O)c3nnnn3C[C@H]3CCCO3)CC2)c1. The number of pyridine rings is 1. The summed E-state index contributed by atoms with van der Waals surface area (Å²) in [5.41, 5.74) is 4.97. The molecule has 4 aromatic rings. The summed E-state index contributed by atoms with van der Waals surface area (Å²) in [4.78, 5) is 21.6. The third-order valence-electron chi connectivity index (χ3n) is 8.30. The third-order valence-corrected chi connectivity index (χ3v) is 8.30. The molecule has 0 unspecified atom stereocenters. The van der Waals surface area contributed by atoms with Crippen molar-refractivity contribution in [3.8, 4) is 5.75 Å². The number of hydrogen-bond donors (Lipinski definition) is 1. The Morgan fingerprint density at radius 2 is 1.93 bits per heavy atom. The molecule has 10 heteroatoms. The molecule has 6 rings (SSSR count). The Labute approximate surface area is 233 Å². The molecule has 0 bridgehead atoms. The summed E-state index contributed by atoms with van der Waals surface area (Å²) in [6.07, 6.45) is 2.12. The van der Waals surface area contributed by atoms with E-state index in [1.165, 1.54) is 11.1 Å². The van der Waals surface area contributed by atoms with E-state index in [4.69, 9.17) is 9.47 Å². The van der Waals surface area contributed by atoms with Gasteiger partial charge in [-0.2, -0.15) is 0 Å². The van der Waals surface area contributed by atoms with Gasteiger partial charge in [0.25, 0.3) is 5.56 Å². The molecule has 0 spiro atoms. The zero-order chi connectivity index (χ0) is 27.6. The van der Waals surface area contributed by atoms with Crippen LogP contribution in [0, 0.1) is 13.8 Å². The molecule has 1 N–H and O–H groups in total. The molecular weight excluding hydrogens is 506 g/mol. The molecule has 0 saturated carbocycles. The molecule has 0 amide bonds. The number of nitrogens with zero attached hydrogens (tertiary/aromatic N) is 6. The minimum absolute atomic E-state index is 0.0862. The van der Waals surface area contributed by atoms with E-state index in [1.54, 1.807) is 7.11 Å². The highest BCUT2D eigenvalue weighted by atomic mass is 16.5. The fourth-order valence-corrected chi connectivity index (χ4v) is 5.92. The van der Waals surface area contributed by atoms with Crippen molar-refractivity contribution in [2.45, 2.75) is 51.9 Å². The number of tetrazole rings is 1. The zero-order valence-electron chi connectivity index (χ0n) is 23.5. The molecular formula is C30H37N7O3. The number of piperazine rings is 1. The maximum Gasteiger partial charge on any atom is 0.253 e. The lowest BCUT2D eigenvalue weighted by Crippen LogP contribution is -2.48. The van der Waals surface area contributed by atoms with Gasteiger partial charge in [0.15, 0.2) is 5.82 Å². The molecule has 2 fully saturated rings. The van der Waals surface area contributed by atoms with Gasteiger partial charge < -0.3 is 14.5 Å². The van der Waals surface area contributed by atoms with Crippen molar-refractivity contribution in [2.24, 2.45) is 0 Å². The van der Waals surface area contributed by atoms with Crippen LogP contribution in [0.1, 0.15) is 47.0 Å². The molecule has 0 aliphatic carbocycles. The van der Waals surface area contributed by atoms with Gasteiger partial charge in [-0.15, -0.1) is 5.10 Å². The van der Waals surface area contributed by atoms with Crippen LogP contribution < -0.4 is 10.3 Å². The molecule has 2 aromatic heterocycles. The highest BCUT2D eigenvalue weighted by Crippen LogP contribution is 2.29. The van der Waals surface area contributed by atoms with Gasteiger partial charge in [0.2, 0.25) is 0 Å². The molecule has 210 valence electrons. The minimum Gasteiger partial charge on any atom is -0.497 e. The molecule has 2 atom stereocenters. The summed E-state index contributed by atoms with van der Waals surface area (Å²) in [6, 6.07) is 14.1. The van der Waals surface area contributed by atoms with Crippen LogP contribution >= 0.6 is 0 Å². The second kappa shape index (κ2) is 11.5. The summed E-state index contributed by atoms with van der Waals surface area (Å²) in [5.74, 6) is 1.56. The molecule has 40 heavy (non-hydrogen) atoms. The van der Waals surface area contributed by atoms with Gasteiger partial charge in [-0.1, -0.05) is 12.1 Å². The molecule has 2 aromatic carbocycles. The molecule has 10 nitrogen and oxygen atoms in total. The monoisotopic (exact) mass is 543 g/mol. The summed E-state index contributed by atoms with van der Waals surface area (Å²) in [7, 11) is 1.70. The number of H-pyrrole nitrogens is 1. The number of aromatic nitrogens is 5. The Bertz CT molecular complexity index is 1530. The Morgan fingerprint density at radius 3 is 2.70 bits per heavy atom. The molecule has 0 radical (unpaired) electrons. The number of hydrogen-bond acceptors (Lipinski definition) is 8. The maximum absolute atomic E-state index is 13.6. The van der Waals surface area contributed by atoms with Gasteiger partial charge in [0, 0.05) is 50.4 Å². The van der Waals surface area contributed by atoms with Crippen LogP contribution in [0.4, 0.5) is 0 Å². The number of benzene rings is 2. The number of aryl methyl sites for hydroxylation is 2. The van der Waals surface area contributed by atoms with Gasteiger partial charge in [0.1, 0.15) is 11.8 Å². The van der Waals surface area contributed by atoms with E-state index in [2.05, 4.69) is 62.4 Å². The third kappa shape index (κ3) is 5.52. The first kappa shape index (κ1) is 26.6. The van der Waals surface area contributed by atoms with E-state index >= 15 is 0 Å². The quantitative estimate of drug-likeness (QED) is 0.362. The first-order chi connectivity index (χ1) is 19.5. The van der Waals surface area contributed by atoms with Gasteiger partial charge in [0.05, 0.1) is 19.8 Å². The van der Waals surface area contributed by atoms with Gasteiger partial charge >= 0.3 is 0 Å². The number of nitrogens with one attached hydrogen (secondary N) is 1. The summed E-state index contributed by atoms with van der Waals surface area (Å²) >= 11 is 0.